The summed E-state index contributed by atoms with van der Waals surface area (Å²) >= 11 is 0. The summed E-state index contributed by atoms with van der Waals surface area (Å²) < 4.78 is 0. The van der Waals surface area contributed by atoms with E-state index in [9.17, 15) is 15.0 Å². The first-order chi connectivity index (χ1) is 31.2. The Morgan fingerprint density at radius 2 is 0.714 bits per heavy atom. The van der Waals surface area contributed by atoms with E-state index in [1.54, 1.807) is 6.08 Å². The molecule has 0 aromatic carbocycles. The van der Waals surface area contributed by atoms with E-state index < -0.39 is 12.1 Å². The Bertz CT molecular complexity index is 1170. The molecular formula is C59H103NO3. The second kappa shape index (κ2) is 53.6. The highest BCUT2D eigenvalue weighted by Gasteiger charge is 2.17. The van der Waals surface area contributed by atoms with Gasteiger partial charge in [-0.15, -0.1) is 0 Å². The van der Waals surface area contributed by atoms with Crippen molar-refractivity contribution in [3.05, 3.63) is 97.2 Å². The van der Waals surface area contributed by atoms with E-state index in [0.29, 0.717) is 6.42 Å². The number of amides is 1. The lowest BCUT2D eigenvalue weighted by atomic mass is 10.0. The topological polar surface area (TPSA) is 69.6 Å². The number of rotatable bonds is 48. The maximum atomic E-state index is 12.4. The Balaban J connectivity index is 3.48. The van der Waals surface area contributed by atoms with Gasteiger partial charge in [-0.3, -0.25) is 4.79 Å². The lowest BCUT2D eigenvalue weighted by molar-refractivity contribution is -0.123. The van der Waals surface area contributed by atoms with Gasteiger partial charge in [0.2, 0.25) is 5.91 Å². The van der Waals surface area contributed by atoms with E-state index in [1.807, 2.05) is 6.08 Å². The summed E-state index contributed by atoms with van der Waals surface area (Å²) in [7, 11) is 0. The third-order valence-corrected chi connectivity index (χ3v) is 11.8. The highest BCUT2D eigenvalue weighted by Crippen LogP contribution is 2.16. The Morgan fingerprint density at radius 3 is 1.11 bits per heavy atom. The van der Waals surface area contributed by atoms with Crippen LogP contribution in [0.5, 0.6) is 0 Å². The van der Waals surface area contributed by atoms with E-state index in [0.717, 1.165) is 70.6 Å². The molecule has 2 atom stereocenters. The minimum absolute atomic E-state index is 0.0787. The smallest absolute Gasteiger partial charge is 0.220 e. The first kappa shape index (κ1) is 60.3. The fourth-order valence-corrected chi connectivity index (χ4v) is 7.71. The minimum atomic E-state index is -0.872. The Labute approximate surface area is 392 Å². The zero-order valence-corrected chi connectivity index (χ0v) is 41.6. The van der Waals surface area contributed by atoms with Gasteiger partial charge in [-0.2, -0.15) is 0 Å². The van der Waals surface area contributed by atoms with Crippen LogP contribution in [0.3, 0.4) is 0 Å². The molecule has 1 amide bonds. The van der Waals surface area contributed by atoms with Gasteiger partial charge < -0.3 is 15.5 Å². The van der Waals surface area contributed by atoms with Crippen LogP contribution in [0.15, 0.2) is 97.2 Å². The monoisotopic (exact) mass is 874 g/mol. The summed E-state index contributed by atoms with van der Waals surface area (Å²) in [6, 6.07) is -0.647. The van der Waals surface area contributed by atoms with Crippen molar-refractivity contribution in [1.29, 1.82) is 0 Å². The van der Waals surface area contributed by atoms with Crippen LogP contribution in [-0.4, -0.2) is 34.9 Å². The Kier molecular flexibility index (Phi) is 51.4. The number of aliphatic hydroxyl groups excluding tert-OH is 2. The van der Waals surface area contributed by atoms with Crippen molar-refractivity contribution >= 4 is 5.91 Å². The summed E-state index contributed by atoms with van der Waals surface area (Å²) in [5.74, 6) is -0.0787. The van der Waals surface area contributed by atoms with Crippen LogP contribution in [0.25, 0.3) is 0 Å². The average molecular weight is 874 g/mol. The van der Waals surface area contributed by atoms with Crippen molar-refractivity contribution in [1.82, 2.24) is 5.32 Å². The van der Waals surface area contributed by atoms with Gasteiger partial charge in [-0.1, -0.05) is 252 Å². The third-order valence-electron chi connectivity index (χ3n) is 11.8. The van der Waals surface area contributed by atoms with Crippen LogP contribution in [-0.2, 0) is 4.79 Å². The fourth-order valence-electron chi connectivity index (χ4n) is 7.71. The number of unbranched alkanes of at least 4 members (excludes halogenated alkanes) is 27. The van der Waals surface area contributed by atoms with Crippen LogP contribution in [0.1, 0.15) is 251 Å². The summed E-state index contributed by atoms with van der Waals surface area (Å²) in [6.07, 6.45) is 80.0. The molecule has 2 unspecified atom stereocenters. The highest BCUT2D eigenvalue weighted by atomic mass is 16.3. The van der Waals surface area contributed by atoms with Crippen molar-refractivity contribution in [2.24, 2.45) is 0 Å². The summed E-state index contributed by atoms with van der Waals surface area (Å²) in [5.41, 5.74) is 0. The van der Waals surface area contributed by atoms with Crippen molar-refractivity contribution in [2.75, 3.05) is 6.61 Å². The molecule has 0 saturated carbocycles. The van der Waals surface area contributed by atoms with Gasteiger partial charge in [0.05, 0.1) is 18.8 Å². The zero-order chi connectivity index (χ0) is 45.6. The quantitative estimate of drug-likeness (QED) is 0.0421. The number of aliphatic hydroxyl groups is 2. The molecule has 0 aliphatic rings. The normalized spacial score (nSPS) is 13.7. The summed E-state index contributed by atoms with van der Waals surface area (Å²) in [4.78, 5) is 12.4. The number of allylic oxidation sites excluding steroid dienone is 15. The zero-order valence-electron chi connectivity index (χ0n) is 41.6. The number of nitrogens with one attached hydrogen (secondary N) is 1. The minimum Gasteiger partial charge on any atom is -0.394 e. The average Bonchev–Trinajstić information content (AvgIpc) is 3.29. The molecule has 0 bridgehead atoms. The molecule has 3 N–H and O–H groups in total. The summed E-state index contributed by atoms with van der Waals surface area (Å²) in [6.45, 7) is 4.16. The number of hydrogen-bond acceptors (Lipinski definition) is 3. The van der Waals surface area contributed by atoms with E-state index in [-0.39, 0.29) is 12.5 Å². The first-order valence-corrected chi connectivity index (χ1v) is 27.0. The number of hydrogen-bond donors (Lipinski definition) is 3. The molecule has 0 aliphatic heterocycles. The van der Waals surface area contributed by atoms with E-state index >= 15 is 0 Å². The molecule has 4 nitrogen and oxygen atoms in total. The molecule has 362 valence electrons. The molecule has 63 heavy (non-hydrogen) atoms. The molecule has 0 rings (SSSR count). The predicted molar refractivity (Wildman–Crippen MR) is 280 cm³/mol. The molecule has 0 aromatic heterocycles. The highest BCUT2D eigenvalue weighted by molar-refractivity contribution is 5.76. The van der Waals surface area contributed by atoms with Crippen LogP contribution in [0.4, 0.5) is 0 Å². The molecule has 0 heterocycles. The summed E-state index contributed by atoms with van der Waals surface area (Å²) in [5, 5.41) is 23.0. The van der Waals surface area contributed by atoms with Crippen molar-refractivity contribution < 1.29 is 15.0 Å². The van der Waals surface area contributed by atoms with Gasteiger partial charge in [-0.25, -0.2) is 0 Å². The van der Waals surface area contributed by atoms with Gasteiger partial charge in [0.1, 0.15) is 0 Å². The van der Waals surface area contributed by atoms with Crippen LogP contribution >= 0.6 is 0 Å². The molecule has 0 fully saturated rings. The molecule has 0 aliphatic carbocycles. The van der Waals surface area contributed by atoms with E-state index in [1.165, 1.54) is 161 Å². The molecule has 0 radical (unpaired) electrons. The van der Waals surface area contributed by atoms with Crippen molar-refractivity contribution in [2.45, 2.75) is 264 Å². The molecule has 0 saturated heterocycles. The second-order valence-electron chi connectivity index (χ2n) is 17.9. The van der Waals surface area contributed by atoms with E-state index in [4.69, 9.17) is 0 Å². The van der Waals surface area contributed by atoms with Gasteiger partial charge in [0.15, 0.2) is 0 Å². The molecule has 0 aromatic rings. The fraction of sp³-hybridized carbons (Fsp3) is 0.712. The molecule has 4 heteroatoms. The Hall–Kier alpha value is -2.69. The number of carbonyl (C=O) groups excluding carboxylic acids is 1. The van der Waals surface area contributed by atoms with Crippen LogP contribution in [0.2, 0.25) is 0 Å². The van der Waals surface area contributed by atoms with Crippen molar-refractivity contribution in [3.63, 3.8) is 0 Å². The van der Waals surface area contributed by atoms with Crippen molar-refractivity contribution in [3.8, 4) is 0 Å². The lowest BCUT2D eigenvalue weighted by Gasteiger charge is -2.19. The largest absolute Gasteiger partial charge is 0.394 e. The standard InChI is InChI=1S/C59H103NO3/c1-3-5-7-9-11-13-15-17-19-20-21-22-23-24-25-26-27-28-29-30-31-32-33-34-35-36-37-38-39-40-41-43-45-47-49-51-53-55-59(63)60-57(56-61)58(62)54-52-50-48-46-44-42-18-16-14-12-10-8-6-4-2/h5,7,11,13-14,16-17,19,21-22,24-25,44,46,52,54,57-58,61-62H,3-4,6,8-10,12,15,18,20,23,26-43,45,47-51,53,55-56H2,1-2H3,(H,60,63)/b7-5-,13-11-,16-14+,19-17-,22-21-,25-24-,46-44+,54-52+. The maximum Gasteiger partial charge on any atom is 0.220 e. The molecule has 0 spiro atoms. The predicted octanol–water partition coefficient (Wildman–Crippen LogP) is 17.7. The maximum absolute atomic E-state index is 12.4. The third kappa shape index (κ3) is 50.2. The van der Waals surface area contributed by atoms with Crippen LogP contribution in [0, 0.1) is 0 Å². The Morgan fingerprint density at radius 1 is 0.397 bits per heavy atom. The van der Waals surface area contributed by atoms with Gasteiger partial charge in [-0.05, 0) is 89.9 Å². The van der Waals surface area contributed by atoms with Gasteiger partial charge >= 0.3 is 0 Å². The van der Waals surface area contributed by atoms with E-state index in [2.05, 4.69) is 104 Å². The first-order valence-electron chi connectivity index (χ1n) is 27.0. The lowest BCUT2D eigenvalue weighted by Crippen LogP contribution is -2.45. The van der Waals surface area contributed by atoms with Crippen LogP contribution < -0.4 is 5.32 Å². The molecular weight excluding hydrogens is 771 g/mol. The second-order valence-corrected chi connectivity index (χ2v) is 17.9. The van der Waals surface area contributed by atoms with Gasteiger partial charge in [0.25, 0.3) is 0 Å². The number of carbonyl (C=O) groups is 1. The van der Waals surface area contributed by atoms with Gasteiger partial charge in [0, 0.05) is 6.42 Å². The SMILES string of the molecule is CC/C=C\C/C=C\C/C=C\C/C=C\C/C=C\CCCCCCCCCCCCCCCCCCCCCCCC(=O)NC(CO)C(O)/C=C/CC/C=C/CC/C=C/CCCCCC.